The lowest BCUT2D eigenvalue weighted by atomic mass is 9.95. The number of nitrogens with zero attached hydrogens (tertiary/aromatic N) is 2. The average Bonchev–Trinajstić information content (AvgIpc) is 2.70. The summed E-state index contributed by atoms with van der Waals surface area (Å²) in [7, 11) is 0. The highest BCUT2D eigenvalue weighted by atomic mass is 35.5. The molecule has 2 aromatic carbocycles. The van der Waals surface area contributed by atoms with Gasteiger partial charge in [-0.05, 0) is 44.4 Å². The molecule has 0 spiro atoms. The van der Waals surface area contributed by atoms with Crippen molar-refractivity contribution in [2.75, 3.05) is 26.2 Å². The van der Waals surface area contributed by atoms with Crippen LogP contribution in [0.1, 0.15) is 35.1 Å². The molecule has 1 heterocycles. The van der Waals surface area contributed by atoms with E-state index in [0.717, 1.165) is 47.4 Å². The first-order valence-corrected chi connectivity index (χ1v) is 9.83. The molecule has 1 atom stereocenters. The van der Waals surface area contributed by atoms with Crippen molar-refractivity contribution in [1.29, 1.82) is 0 Å². The van der Waals surface area contributed by atoms with Crippen LogP contribution >= 0.6 is 12.4 Å². The molecule has 0 aliphatic carbocycles. The second-order valence-corrected chi connectivity index (χ2v) is 7.38. The standard InChI is InChI=1S/C23H28N2O3.ClH/c1-17-8-3-5-11-20(17)22(21-12-6-4-9-18(21)2)24-28-15-14-25-13-7-10-19(16-25)23(26)27;/h3-6,8-9,11-12,19H,7,10,13-16H2,1-2H3,(H,26,27);1H. The Bertz CT molecular complexity index is 806. The maximum Gasteiger partial charge on any atom is 0.307 e. The lowest BCUT2D eigenvalue weighted by Gasteiger charge is -2.30. The smallest absolute Gasteiger partial charge is 0.307 e. The minimum Gasteiger partial charge on any atom is -0.481 e. The molecule has 0 amide bonds. The molecule has 1 unspecified atom stereocenters. The summed E-state index contributed by atoms with van der Waals surface area (Å²) in [5.41, 5.74) is 5.24. The fourth-order valence-electron chi connectivity index (χ4n) is 3.66. The monoisotopic (exact) mass is 416 g/mol. The fraction of sp³-hybridized carbons (Fsp3) is 0.391. The van der Waals surface area contributed by atoms with Crippen molar-refractivity contribution < 1.29 is 14.7 Å². The SMILES string of the molecule is Cc1ccccc1C(=NOCCN1CCCC(C(=O)O)C1)c1ccccc1C.Cl. The van der Waals surface area contributed by atoms with Crippen LogP contribution < -0.4 is 0 Å². The van der Waals surface area contributed by atoms with Crippen LogP contribution in [0.2, 0.25) is 0 Å². The molecule has 0 aromatic heterocycles. The van der Waals surface area contributed by atoms with Crippen LogP contribution in [0.15, 0.2) is 53.7 Å². The van der Waals surface area contributed by atoms with E-state index in [0.29, 0.717) is 19.7 Å². The van der Waals surface area contributed by atoms with E-state index >= 15 is 0 Å². The van der Waals surface area contributed by atoms with E-state index < -0.39 is 5.97 Å². The van der Waals surface area contributed by atoms with Crippen molar-refractivity contribution in [1.82, 2.24) is 4.90 Å². The topological polar surface area (TPSA) is 62.1 Å². The van der Waals surface area contributed by atoms with Gasteiger partial charge in [0.1, 0.15) is 12.3 Å². The average molecular weight is 417 g/mol. The number of benzene rings is 2. The van der Waals surface area contributed by atoms with Crippen molar-refractivity contribution >= 4 is 24.1 Å². The number of hydrogen-bond donors (Lipinski definition) is 1. The van der Waals surface area contributed by atoms with Crippen molar-refractivity contribution in [3.63, 3.8) is 0 Å². The molecule has 0 saturated carbocycles. The van der Waals surface area contributed by atoms with Gasteiger partial charge in [-0.25, -0.2) is 0 Å². The number of carbonyl (C=O) groups is 1. The third-order valence-electron chi connectivity index (χ3n) is 5.31. The van der Waals surface area contributed by atoms with Crippen LogP contribution in [0.3, 0.4) is 0 Å². The van der Waals surface area contributed by atoms with Gasteiger partial charge in [-0.15, -0.1) is 12.4 Å². The van der Waals surface area contributed by atoms with E-state index in [-0.39, 0.29) is 18.3 Å². The first kappa shape index (κ1) is 22.9. The number of carboxylic acids is 1. The molecular weight excluding hydrogens is 388 g/mol. The minimum absolute atomic E-state index is 0. The summed E-state index contributed by atoms with van der Waals surface area (Å²) in [6, 6.07) is 16.3. The van der Waals surface area contributed by atoms with Gasteiger partial charge in [0.2, 0.25) is 0 Å². The first-order chi connectivity index (χ1) is 13.6. The molecule has 1 N–H and O–H groups in total. The van der Waals surface area contributed by atoms with Crippen LogP contribution in [-0.2, 0) is 9.63 Å². The predicted octanol–water partition coefficient (Wildman–Crippen LogP) is 4.29. The van der Waals surface area contributed by atoms with E-state index in [9.17, 15) is 9.90 Å². The van der Waals surface area contributed by atoms with Gasteiger partial charge in [0.25, 0.3) is 0 Å². The molecule has 2 aromatic rings. The summed E-state index contributed by atoms with van der Waals surface area (Å²) >= 11 is 0. The number of halogens is 1. The van der Waals surface area contributed by atoms with E-state index in [1.165, 1.54) is 0 Å². The van der Waals surface area contributed by atoms with Crippen molar-refractivity contribution in [2.24, 2.45) is 11.1 Å². The van der Waals surface area contributed by atoms with E-state index in [1.54, 1.807) is 0 Å². The Morgan fingerprint density at radius 3 is 2.24 bits per heavy atom. The summed E-state index contributed by atoms with van der Waals surface area (Å²) in [6.45, 7) is 6.77. The molecule has 3 rings (SSSR count). The Balaban J connectivity index is 0.00000300. The third-order valence-corrected chi connectivity index (χ3v) is 5.31. The zero-order valence-corrected chi connectivity index (χ0v) is 17.8. The van der Waals surface area contributed by atoms with Crippen LogP contribution in [0.5, 0.6) is 0 Å². The number of piperidine rings is 1. The lowest BCUT2D eigenvalue weighted by molar-refractivity contribution is -0.143. The van der Waals surface area contributed by atoms with E-state index in [4.69, 9.17) is 4.84 Å². The molecule has 1 aliphatic rings. The molecule has 29 heavy (non-hydrogen) atoms. The Labute approximate surface area is 178 Å². The maximum absolute atomic E-state index is 11.2. The Morgan fingerprint density at radius 1 is 1.10 bits per heavy atom. The van der Waals surface area contributed by atoms with Crippen molar-refractivity contribution in [2.45, 2.75) is 26.7 Å². The van der Waals surface area contributed by atoms with Gasteiger partial charge in [0.15, 0.2) is 0 Å². The van der Waals surface area contributed by atoms with Gasteiger partial charge in [-0.3, -0.25) is 9.69 Å². The highest BCUT2D eigenvalue weighted by Crippen LogP contribution is 2.19. The van der Waals surface area contributed by atoms with Gasteiger partial charge >= 0.3 is 5.97 Å². The Hall–Kier alpha value is -2.37. The van der Waals surface area contributed by atoms with E-state index in [2.05, 4.69) is 48.2 Å². The maximum atomic E-state index is 11.2. The molecule has 6 heteroatoms. The molecule has 0 radical (unpaired) electrons. The summed E-state index contributed by atoms with van der Waals surface area (Å²) in [5.74, 6) is -0.975. The van der Waals surface area contributed by atoms with Crippen LogP contribution in [-0.4, -0.2) is 47.9 Å². The van der Waals surface area contributed by atoms with Crippen LogP contribution in [0.25, 0.3) is 0 Å². The second-order valence-electron chi connectivity index (χ2n) is 7.38. The molecule has 156 valence electrons. The third kappa shape index (κ3) is 6.05. The lowest BCUT2D eigenvalue weighted by Crippen LogP contribution is -2.40. The Morgan fingerprint density at radius 2 is 1.69 bits per heavy atom. The van der Waals surface area contributed by atoms with Crippen molar-refractivity contribution in [3.8, 4) is 0 Å². The van der Waals surface area contributed by atoms with Gasteiger partial charge in [-0.1, -0.05) is 53.7 Å². The number of aryl methyl sites for hydroxylation is 2. The van der Waals surface area contributed by atoms with Gasteiger partial charge < -0.3 is 9.94 Å². The van der Waals surface area contributed by atoms with Crippen molar-refractivity contribution in [3.05, 3.63) is 70.8 Å². The van der Waals surface area contributed by atoms with Gasteiger partial charge in [0, 0.05) is 24.2 Å². The molecule has 0 bridgehead atoms. The highest BCUT2D eigenvalue weighted by molar-refractivity contribution is 6.14. The van der Waals surface area contributed by atoms with Gasteiger partial charge in [0.05, 0.1) is 5.92 Å². The number of rotatable bonds is 7. The van der Waals surface area contributed by atoms with Gasteiger partial charge in [-0.2, -0.15) is 0 Å². The zero-order valence-electron chi connectivity index (χ0n) is 17.0. The number of carboxylic acid groups (broad SMARTS) is 1. The number of hydrogen-bond acceptors (Lipinski definition) is 4. The summed E-state index contributed by atoms with van der Waals surface area (Å²) in [5, 5.41) is 13.7. The summed E-state index contributed by atoms with van der Waals surface area (Å²) in [6.07, 6.45) is 1.67. The molecular formula is C23H29ClN2O3. The molecule has 1 aliphatic heterocycles. The number of aliphatic carboxylic acids is 1. The number of oxime groups is 1. The first-order valence-electron chi connectivity index (χ1n) is 9.83. The predicted molar refractivity (Wildman–Crippen MR) is 118 cm³/mol. The largest absolute Gasteiger partial charge is 0.481 e. The summed E-state index contributed by atoms with van der Waals surface area (Å²) < 4.78 is 0. The minimum atomic E-state index is -0.704. The van der Waals surface area contributed by atoms with Crippen LogP contribution in [0, 0.1) is 19.8 Å². The second kappa shape index (κ2) is 11.0. The van der Waals surface area contributed by atoms with Crippen LogP contribution in [0.4, 0.5) is 0 Å². The summed E-state index contributed by atoms with van der Waals surface area (Å²) in [4.78, 5) is 19.1. The van der Waals surface area contributed by atoms with E-state index in [1.807, 2.05) is 24.3 Å². The fourth-order valence-corrected chi connectivity index (χ4v) is 3.66. The normalized spacial score (nSPS) is 16.6. The highest BCUT2D eigenvalue weighted by Gasteiger charge is 2.25. The molecule has 1 fully saturated rings. The zero-order chi connectivity index (χ0) is 19.9. The number of likely N-dealkylation sites (tertiary alicyclic amines) is 1. The molecule has 1 saturated heterocycles. The Kier molecular flexibility index (Phi) is 8.68. The molecule has 5 nitrogen and oxygen atoms in total. The quantitative estimate of drug-likeness (QED) is 0.415.